The third-order valence-electron chi connectivity index (χ3n) is 5.25. The van der Waals surface area contributed by atoms with Crippen LogP contribution in [-0.2, 0) is 4.79 Å². The number of halogens is 1. The second-order valence-electron chi connectivity index (χ2n) is 7.12. The summed E-state index contributed by atoms with van der Waals surface area (Å²) < 4.78 is 0. The molecule has 1 atom stereocenters. The van der Waals surface area contributed by atoms with Crippen molar-refractivity contribution in [3.8, 4) is 0 Å². The van der Waals surface area contributed by atoms with Gasteiger partial charge >= 0.3 is 0 Å². The zero-order chi connectivity index (χ0) is 19.1. The maximum atomic E-state index is 12.6. The number of carbonyl (C=O) groups excluding carboxylic acids is 1. The van der Waals surface area contributed by atoms with E-state index >= 15 is 0 Å². The molecule has 2 aromatic carbocycles. The Morgan fingerprint density at radius 3 is 2.44 bits per heavy atom. The van der Waals surface area contributed by atoms with Crippen LogP contribution in [0.5, 0.6) is 0 Å². The van der Waals surface area contributed by atoms with Gasteiger partial charge in [-0.15, -0.1) is 0 Å². The highest BCUT2D eigenvalue weighted by atomic mass is 35.5. The monoisotopic (exact) mass is 385 g/mol. The Labute approximate surface area is 166 Å². The van der Waals surface area contributed by atoms with Crippen LogP contribution in [-0.4, -0.2) is 44.7 Å². The molecule has 0 unspecified atom stereocenters. The van der Waals surface area contributed by atoms with Crippen LogP contribution in [0.1, 0.15) is 12.5 Å². The molecule has 2 aromatic rings. The summed E-state index contributed by atoms with van der Waals surface area (Å²) in [6, 6.07) is 17.7. The summed E-state index contributed by atoms with van der Waals surface area (Å²) in [5, 5.41) is 3.54. The first-order valence-electron chi connectivity index (χ1n) is 9.58. The van der Waals surface area contributed by atoms with Crippen LogP contribution in [0.2, 0.25) is 5.02 Å². The number of amides is 1. The third-order valence-corrected chi connectivity index (χ3v) is 5.58. The Morgan fingerprint density at radius 2 is 1.74 bits per heavy atom. The minimum atomic E-state index is -0.0808. The second kappa shape index (κ2) is 9.70. The van der Waals surface area contributed by atoms with E-state index in [1.165, 1.54) is 10.5 Å². The quantitative estimate of drug-likeness (QED) is 0.686. The molecule has 3 N–H and O–H groups in total. The van der Waals surface area contributed by atoms with E-state index in [1.54, 1.807) is 11.0 Å². The van der Waals surface area contributed by atoms with E-state index in [0.29, 0.717) is 10.7 Å². The van der Waals surface area contributed by atoms with Crippen LogP contribution >= 0.6 is 11.6 Å². The number of para-hydroxylation sites is 1. The molecule has 0 aliphatic carbocycles. The van der Waals surface area contributed by atoms with Crippen LogP contribution in [0.3, 0.4) is 0 Å². The van der Waals surface area contributed by atoms with E-state index in [0.717, 1.165) is 32.7 Å². The van der Waals surface area contributed by atoms with Gasteiger partial charge < -0.3 is 15.1 Å². The highest BCUT2D eigenvalue weighted by molar-refractivity contribution is 6.33. The summed E-state index contributed by atoms with van der Waals surface area (Å²) in [6.45, 7) is 7.21. The zero-order valence-electron chi connectivity index (χ0n) is 15.7. The SMILES string of the molecule is C[C@@H](C(=O)Nc1ccccc1Cl)[NH+]1CC[NH+](C/C=C/c2ccccc2)CC1. The lowest BCUT2D eigenvalue weighted by molar-refractivity contribution is -1.02. The van der Waals surface area contributed by atoms with E-state index in [-0.39, 0.29) is 11.9 Å². The molecular weight excluding hydrogens is 358 g/mol. The first kappa shape index (κ1) is 19.6. The zero-order valence-corrected chi connectivity index (χ0v) is 16.5. The molecule has 4 nitrogen and oxygen atoms in total. The van der Waals surface area contributed by atoms with Crippen molar-refractivity contribution in [2.75, 3.05) is 38.0 Å². The minimum absolute atomic E-state index is 0.0329. The summed E-state index contributed by atoms with van der Waals surface area (Å²) in [4.78, 5) is 15.5. The lowest BCUT2D eigenvalue weighted by atomic mass is 10.2. The van der Waals surface area contributed by atoms with Crippen LogP contribution in [0, 0.1) is 0 Å². The second-order valence-corrected chi connectivity index (χ2v) is 7.52. The largest absolute Gasteiger partial charge is 0.322 e. The number of rotatable bonds is 6. The van der Waals surface area contributed by atoms with Gasteiger partial charge in [0.25, 0.3) is 5.91 Å². The summed E-state index contributed by atoms with van der Waals surface area (Å²) in [7, 11) is 0. The Balaban J connectivity index is 1.45. The van der Waals surface area contributed by atoms with Crippen LogP contribution < -0.4 is 15.1 Å². The standard InChI is InChI=1S/C22H26ClN3O/c1-18(22(27)24-21-12-6-5-11-20(21)23)26-16-14-25(15-17-26)13-7-10-19-8-3-2-4-9-19/h2-12,18H,13-17H2,1H3,(H,24,27)/p+2/b10-7+/t18-/m0/s1. The molecule has 0 aromatic heterocycles. The van der Waals surface area contributed by atoms with Gasteiger partial charge in [-0.3, -0.25) is 4.79 Å². The number of benzene rings is 2. The molecule has 142 valence electrons. The molecule has 27 heavy (non-hydrogen) atoms. The van der Waals surface area contributed by atoms with Gasteiger partial charge in [-0.25, -0.2) is 0 Å². The van der Waals surface area contributed by atoms with Gasteiger partial charge in [0, 0.05) is 0 Å². The van der Waals surface area contributed by atoms with Gasteiger partial charge in [0.1, 0.15) is 26.2 Å². The highest BCUT2D eigenvalue weighted by Gasteiger charge is 2.30. The van der Waals surface area contributed by atoms with Crippen molar-refractivity contribution in [3.05, 3.63) is 71.3 Å². The number of piperazine rings is 1. The predicted molar refractivity (Wildman–Crippen MR) is 111 cm³/mol. The molecule has 1 aliphatic rings. The molecule has 0 saturated carbocycles. The number of carbonyl (C=O) groups is 1. The first-order valence-corrected chi connectivity index (χ1v) is 9.96. The Kier molecular flexibility index (Phi) is 7.04. The fraction of sp³-hybridized carbons (Fsp3) is 0.318. The number of nitrogens with one attached hydrogen (secondary N) is 3. The number of hydrogen-bond donors (Lipinski definition) is 3. The topological polar surface area (TPSA) is 38.0 Å². The average Bonchev–Trinajstić information content (AvgIpc) is 2.70. The Bertz CT molecular complexity index is 770. The van der Waals surface area contributed by atoms with Crippen LogP contribution in [0.25, 0.3) is 6.08 Å². The molecule has 0 radical (unpaired) electrons. The van der Waals surface area contributed by atoms with Gasteiger partial charge in [0.15, 0.2) is 6.04 Å². The molecule has 0 spiro atoms. The Hall–Kier alpha value is -2.14. The van der Waals surface area contributed by atoms with Gasteiger partial charge in [0.2, 0.25) is 0 Å². The van der Waals surface area contributed by atoms with Gasteiger partial charge in [-0.1, -0.05) is 60.1 Å². The third kappa shape index (κ3) is 5.67. The van der Waals surface area contributed by atoms with E-state index in [2.05, 4.69) is 41.7 Å². The maximum Gasteiger partial charge on any atom is 0.282 e. The molecule has 1 saturated heterocycles. The fourth-order valence-corrected chi connectivity index (χ4v) is 3.66. The normalized spacial score (nSPS) is 21.1. The lowest BCUT2D eigenvalue weighted by Crippen LogP contribution is -3.29. The van der Waals surface area contributed by atoms with Crippen molar-refractivity contribution in [2.24, 2.45) is 0 Å². The van der Waals surface area contributed by atoms with Gasteiger partial charge in [-0.2, -0.15) is 0 Å². The molecule has 1 aliphatic heterocycles. The fourth-order valence-electron chi connectivity index (χ4n) is 3.48. The van der Waals surface area contributed by atoms with Gasteiger partial charge in [0.05, 0.1) is 17.3 Å². The molecule has 0 bridgehead atoms. The number of hydrogen-bond acceptors (Lipinski definition) is 1. The first-order chi connectivity index (χ1) is 13.1. The average molecular weight is 386 g/mol. The van der Waals surface area contributed by atoms with E-state index in [9.17, 15) is 4.79 Å². The maximum absolute atomic E-state index is 12.6. The van der Waals surface area contributed by atoms with Crippen molar-refractivity contribution in [3.63, 3.8) is 0 Å². The molecule has 1 fully saturated rings. The van der Waals surface area contributed by atoms with Crippen LogP contribution in [0.15, 0.2) is 60.7 Å². The van der Waals surface area contributed by atoms with E-state index < -0.39 is 0 Å². The van der Waals surface area contributed by atoms with Crippen molar-refractivity contribution < 1.29 is 14.6 Å². The molecule has 1 amide bonds. The minimum Gasteiger partial charge on any atom is -0.322 e. The molecule has 1 heterocycles. The lowest BCUT2D eigenvalue weighted by Gasteiger charge is -2.32. The molecule has 5 heteroatoms. The Morgan fingerprint density at radius 1 is 1.07 bits per heavy atom. The number of anilines is 1. The van der Waals surface area contributed by atoms with Crippen molar-refractivity contribution >= 4 is 29.3 Å². The van der Waals surface area contributed by atoms with E-state index in [4.69, 9.17) is 11.6 Å². The summed E-state index contributed by atoms with van der Waals surface area (Å²) in [6.07, 6.45) is 4.44. The van der Waals surface area contributed by atoms with Gasteiger partial charge in [-0.05, 0) is 30.7 Å². The highest BCUT2D eigenvalue weighted by Crippen LogP contribution is 2.20. The number of quaternary nitrogens is 2. The van der Waals surface area contributed by atoms with Crippen molar-refractivity contribution in [1.82, 2.24) is 0 Å². The summed E-state index contributed by atoms with van der Waals surface area (Å²) in [5.41, 5.74) is 1.93. The van der Waals surface area contributed by atoms with Crippen molar-refractivity contribution in [2.45, 2.75) is 13.0 Å². The smallest absolute Gasteiger partial charge is 0.282 e. The summed E-state index contributed by atoms with van der Waals surface area (Å²) in [5.74, 6) is 0.0329. The van der Waals surface area contributed by atoms with Crippen molar-refractivity contribution in [1.29, 1.82) is 0 Å². The van der Waals surface area contributed by atoms with Crippen LogP contribution in [0.4, 0.5) is 5.69 Å². The molecular formula is C22H28ClN3O+2. The summed E-state index contributed by atoms with van der Waals surface area (Å²) >= 11 is 6.14. The predicted octanol–water partition coefficient (Wildman–Crippen LogP) is 1.16. The van der Waals surface area contributed by atoms with E-state index in [1.807, 2.05) is 31.2 Å². The molecule has 3 rings (SSSR count).